The van der Waals surface area contributed by atoms with Crippen molar-refractivity contribution in [2.45, 2.75) is 46.0 Å². The fourth-order valence-corrected chi connectivity index (χ4v) is 2.47. The summed E-state index contributed by atoms with van der Waals surface area (Å²) in [6.45, 7) is 10.9. The zero-order valence-corrected chi connectivity index (χ0v) is 13.0. The van der Waals surface area contributed by atoms with Crippen LogP contribution in [0.5, 0.6) is 0 Å². The van der Waals surface area contributed by atoms with Gasteiger partial charge in [-0.2, -0.15) is 5.10 Å². The molecule has 4 heteroatoms. The molecule has 0 saturated heterocycles. The van der Waals surface area contributed by atoms with E-state index in [1.807, 2.05) is 6.07 Å². The Kier molecular flexibility index (Phi) is 3.63. The van der Waals surface area contributed by atoms with Crippen LogP contribution in [0.25, 0.3) is 5.69 Å². The first-order chi connectivity index (χ1) is 8.82. The van der Waals surface area contributed by atoms with Gasteiger partial charge in [-0.25, -0.2) is 0 Å². The standard InChI is InChI=1S/C15H21N3S/c1-10(2)13-16-17-14(19)18(13)12-9-7-6-8-11(12)15(3,4)5/h6-10H,1-5H3,(H,17,19). The molecule has 1 heterocycles. The van der Waals surface area contributed by atoms with Crippen molar-refractivity contribution in [1.29, 1.82) is 0 Å². The van der Waals surface area contributed by atoms with Gasteiger partial charge in [-0.3, -0.25) is 9.67 Å². The maximum atomic E-state index is 5.40. The van der Waals surface area contributed by atoms with Gasteiger partial charge in [0.05, 0.1) is 5.69 Å². The molecule has 2 rings (SSSR count). The minimum Gasteiger partial charge on any atom is -0.272 e. The second kappa shape index (κ2) is 4.93. The van der Waals surface area contributed by atoms with Crippen molar-refractivity contribution in [3.8, 4) is 5.69 Å². The fourth-order valence-electron chi connectivity index (χ4n) is 2.23. The van der Waals surface area contributed by atoms with Crippen molar-refractivity contribution in [3.05, 3.63) is 40.4 Å². The molecular formula is C15H21N3S. The molecule has 0 aliphatic rings. The van der Waals surface area contributed by atoms with Crippen LogP contribution in [-0.2, 0) is 5.41 Å². The molecule has 0 unspecified atom stereocenters. The molecule has 0 bridgehead atoms. The monoisotopic (exact) mass is 275 g/mol. The number of para-hydroxylation sites is 1. The third-order valence-corrected chi connectivity index (χ3v) is 3.44. The van der Waals surface area contributed by atoms with Crippen molar-refractivity contribution in [2.75, 3.05) is 0 Å². The van der Waals surface area contributed by atoms with Crippen LogP contribution >= 0.6 is 12.2 Å². The van der Waals surface area contributed by atoms with E-state index in [2.05, 4.69) is 67.6 Å². The van der Waals surface area contributed by atoms with Gasteiger partial charge in [0, 0.05) is 5.92 Å². The summed E-state index contributed by atoms with van der Waals surface area (Å²) in [6, 6.07) is 8.39. The predicted molar refractivity (Wildman–Crippen MR) is 81.5 cm³/mol. The fraction of sp³-hybridized carbons (Fsp3) is 0.467. The van der Waals surface area contributed by atoms with Crippen molar-refractivity contribution >= 4 is 12.2 Å². The van der Waals surface area contributed by atoms with E-state index in [9.17, 15) is 0 Å². The molecule has 19 heavy (non-hydrogen) atoms. The third-order valence-electron chi connectivity index (χ3n) is 3.17. The Morgan fingerprint density at radius 3 is 2.42 bits per heavy atom. The molecule has 0 fully saturated rings. The molecular weight excluding hydrogens is 254 g/mol. The molecule has 0 aliphatic carbocycles. The molecule has 1 aromatic carbocycles. The van der Waals surface area contributed by atoms with E-state index in [4.69, 9.17) is 12.2 Å². The molecule has 0 radical (unpaired) electrons. The molecule has 0 saturated carbocycles. The Morgan fingerprint density at radius 1 is 1.21 bits per heavy atom. The van der Waals surface area contributed by atoms with Gasteiger partial charge in [0.25, 0.3) is 0 Å². The number of aromatic amines is 1. The van der Waals surface area contributed by atoms with Crippen LogP contribution in [0.1, 0.15) is 51.9 Å². The van der Waals surface area contributed by atoms with Crippen molar-refractivity contribution in [2.24, 2.45) is 0 Å². The summed E-state index contributed by atoms with van der Waals surface area (Å²) in [6.07, 6.45) is 0. The minimum atomic E-state index is 0.0664. The van der Waals surface area contributed by atoms with E-state index in [1.54, 1.807) is 0 Å². The highest BCUT2D eigenvalue weighted by atomic mass is 32.1. The summed E-state index contributed by atoms with van der Waals surface area (Å²) < 4.78 is 2.71. The van der Waals surface area contributed by atoms with Crippen LogP contribution in [0.4, 0.5) is 0 Å². The van der Waals surface area contributed by atoms with Gasteiger partial charge < -0.3 is 0 Å². The first-order valence-electron chi connectivity index (χ1n) is 6.59. The Balaban J connectivity index is 2.74. The third kappa shape index (κ3) is 2.63. The van der Waals surface area contributed by atoms with Crippen molar-refractivity contribution in [1.82, 2.24) is 14.8 Å². The zero-order valence-electron chi connectivity index (χ0n) is 12.2. The van der Waals surface area contributed by atoms with E-state index in [0.717, 1.165) is 11.5 Å². The Morgan fingerprint density at radius 2 is 1.84 bits per heavy atom. The molecule has 0 amide bonds. The highest BCUT2D eigenvalue weighted by Crippen LogP contribution is 2.30. The molecule has 1 aromatic heterocycles. The van der Waals surface area contributed by atoms with Crippen molar-refractivity contribution in [3.63, 3.8) is 0 Å². The van der Waals surface area contributed by atoms with Gasteiger partial charge in [-0.1, -0.05) is 52.8 Å². The van der Waals surface area contributed by atoms with Crippen molar-refractivity contribution < 1.29 is 0 Å². The number of nitrogens with zero attached hydrogens (tertiary/aromatic N) is 2. The van der Waals surface area contributed by atoms with E-state index < -0.39 is 0 Å². The molecule has 0 atom stereocenters. The lowest BCUT2D eigenvalue weighted by atomic mass is 9.85. The second-order valence-electron chi connectivity index (χ2n) is 6.14. The number of hydrogen-bond donors (Lipinski definition) is 1. The molecule has 2 aromatic rings. The lowest BCUT2D eigenvalue weighted by Gasteiger charge is -2.24. The number of hydrogen-bond acceptors (Lipinski definition) is 2. The van der Waals surface area contributed by atoms with Crippen LogP contribution in [0.15, 0.2) is 24.3 Å². The normalized spacial score (nSPS) is 12.1. The predicted octanol–water partition coefficient (Wildman–Crippen LogP) is 4.35. The first-order valence-corrected chi connectivity index (χ1v) is 7.00. The summed E-state index contributed by atoms with van der Waals surface area (Å²) in [4.78, 5) is 0. The van der Waals surface area contributed by atoms with Gasteiger partial charge in [-0.05, 0) is 29.3 Å². The summed E-state index contributed by atoms with van der Waals surface area (Å²) in [7, 11) is 0. The minimum absolute atomic E-state index is 0.0664. The summed E-state index contributed by atoms with van der Waals surface area (Å²) in [5.74, 6) is 1.29. The highest BCUT2D eigenvalue weighted by Gasteiger charge is 2.21. The SMILES string of the molecule is CC(C)c1n[nH]c(=S)n1-c1ccccc1C(C)(C)C. The summed E-state index contributed by atoms with van der Waals surface area (Å²) in [5, 5.41) is 7.27. The Bertz CT molecular complexity index is 629. The van der Waals surface area contributed by atoms with Gasteiger partial charge in [0.2, 0.25) is 0 Å². The molecule has 1 N–H and O–H groups in total. The van der Waals surface area contributed by atoms with Crippen LogP contribution in [-0.4, -0.2) is 14.8 Å². The highest BCUT2D eigenvalue weighted by molar-refractivity contribution is 7.71. The first kappa shape index (κ1) is 14.0. The number of benzene rings is 1. The second-order valence-corrected chi connectivity index (χ2v) is 6.53. The summed E-state index contributed by atoms with van der Waals surface area (Å²) in [5.41, 5.74) is 2.46. The average Bonchev–Trinajstić information content (AvgIpc) is 2.70. The smallest absolute Gasteiger partial charge is 0.199 e. The van der Waals surface area contributed by atoms with Crippen LogP contribution in [0.3, 0.4) is 0 Å². The maximum Gasteiger partial charge on any atom is 0.199 e. The van der Waals surface area contributed by atoms with Crippen LogP contribution in [0.2, 0.25) is 0 Å². The molecule has 0 aliphatic heterocycles. The van der Waals surface area contributed by atoms with E-state index in [-0.39, 0.29) is 5.41 Å². The lowest BCUT2D eigenvalue weighted by Crippen LogP contribution is -2.16. The van der Waals surface area contributed by atoms with Gasteiger partial charge in [0.15, 0.2) is 4.77 Å². The summed E-state index contributed by atoms with van der Waals surface area (Å²) >= 11 is 5.40. The van der Waals surface area contributed by atoms with E-state index in [1.165, 1.54) is 5.56 Å². The van der Waals surface area contributed by atoms with Gasteiger partial charge in [0.1, 0.15) is 5.82 Å². The number of rotatable bonds is 2. The maximum absolute atomic E-state index is 5.40. The Hall–Kier alpha value is -1.42. The number of H-pyrrole nitrogens is 1. The lowest BCUT2D eigenvalue weighted by molar-refractivity contribution is 0.583. The van der Waals surface area contributed by atoms with Gasteiger partial charge >= 0.3 is 0 Å². The molecule has 3 nitrogen and oxygen atoms in total. The molecule has 0 spiro atoms. The Labute approximate surface area is 119 Å². The average molecular weight is 275 g/mol. The van der Waals surface area contributed by atoms with Crippen LogP contribution < -0.4 is 0 Å². The topological polar surface area (TPSA) is 33.6 Å². The number of aromatic nitrogens is 3. The quantitative estimate of drug-likeness (QED) is 0.827. The number of nitrogens with one attached hydrogen (secondary N) is 1. The zero-order chi connectivity index (χ0) is 14.2. The molecule has 102 valence electrons. The van der Waals surface area contributed by atoms with E-state index >= 15 is 0 Å². The van der Waals surface area contributed by atoms with E-state index in [0.29, 0.717) is 10.7 Å². The van der Waals surface area contributed by atoms with Gasteiger partial charge in [-0.15, -0.1) is 0 Å². The largest absolute Gasteiger partial charge is 0.272 e. The van der Waals surface area contributed by atoms with Crippen LogP contribution in [0, 0.1) is 4.77 Å².